The molecule has 0 bridgehead atoms. The van der Waals surface area contributed by atoms with Gasteiger partial charge < -0.3 is 24.8 Å². The van der Waals surface area contributed by atoms with E-state index < -0.39 is 11.7 Å². The first-order valence-electron chi connectivity index (χ1n) is 8.64. The summed E-state index contributed by atoms with van der Waals surface area (Å²) in [4.78, 5) is 16.4. The minimum Gasteiger partial charge on any atom is -0.493 e. The molecule has 0 aliphatic heterocycles. The predicted molar refractivity (Wildman–Crippen MR) is 108 cm³/mol. The molecule has 0 aliphatic carbocycles. The first-order valence-corrected chi connectivity index (χ1v) is 8.64. The number of pyridine rings is 1. The quantitative estimate of drug-likeness (QED) is 0.621. The van der Waals surface area contributed by atoms with Gasteiger partial charge in [0, 0.05) is 23.5 Å². The Morgan fingerprint density at radius 3 is 2.17 bits per heavy atom. The van der Waals surface area contributed by atoms with E-state index in [0.29, 0.717) is 34.3 Å². The summed E-state index contributed by atoms with van der Waals surface area (Å²) in [5.41, 5.74) is 1.90. The van der Waals surface area contributed by atoms with E-state index >= 15 is 0 Å². The van der Waals surface area contributed by atoms with Gasteiger partial charge in [-0.25, -0.2) is 9.37 Å². The molecule has 7 nitrogen and oxygen atoms in total. The number of benzene rings is 2. The predicted octanol–water partition coefficient (Wildman–Crippen LogP) is 4.24. The summed E-state index contributed by atoms with van der Waals surface area (Å²) in [5, 5.41) is 5.77. The van der Waals surface area contributed by atoms with Gasteiger partial charge in [-0.1, -0.05) is 6.07 Å². The largest absolute Gasteiger partial charge is 0.493 e. The Balaban J connectivity index is 1.74. The summed E-state index contributed by atoms with van der Waals surface area (Å²) in [6.07, 6.45) is 1.52. The van der Waals surface area contributed by atoms with Gasteiger partial charge in [-0.15, -0.1) is 0 Å². The van der Waals surface area contributed by atoms with Crippen LogP contribution in [0.1, 0.15) is 10.5 Å². The molecule has 150 valence electrons. The normalized spacial score (nSPS) is 10.2. The molecule has 0 saturated carbocycles. The van der Waals surface area contributed by atoms with Crippen LogP contribution < -0.4 is 24.8 Å². The van der Waals surface area contributed by atoms with E-state index in [-0.39, 0.29) is 5.69 Å². The van der Waals surface area contributed by atoms with Gasteiger partial charge in [0.2, 0.25) is 5.75 Å². The third kappa shape index (κ3) is 4.73. The molecule has 0 fully saturated rings. The zero-order valence-corrected chi connectivity index (χ0v) is 16.2. The van der Waals surface area contributed by atoms with Gasteiger partial charge in [-0.05, 0) is 30.3 Å². The molecule has 1 aromatic heterocycles. The molecule has 0 saturated heterocycles. The average Bonchev–Trinajstić information content (AvgIpc) is 2.73. The SMILES string of the molecule is COc1cc(Nc2ccc(C(=O)Nc3cccc(F)c3)nc2)cc(OC)c1OC. The molecule has 1 heterocycles. The van der Waals surface area contributed by atoms with Crippen molar-refractivity contribution in [3.8, 4) is 17.2 Å². The second-order valence-corrected chi connectivity index (χ2v) is 5.94. The molecule has 0 unspecified atom stereocenters. The van der Waals surface area contributed by atoms with Gasteiger partial charge in [0.05, 0.1) is 33.2 Å². The van der Waals surface area contributed by atoms with Crippen molar-refractivity contribution >= 4 is 23.0 Å². The molecule has 0 spiro atoms. The maximum atomic E-state index is 13.2. The first kappa shape index (κ1) is 19.9. The maximum absolute atomic E-state index is 13.2. The van der Waals surface area contributed by atoms with Crippen molar-refractivity contribution in [2.24, 2.45) is 0 Å². The Labute approximate surface area is 167 Å². The van der Waals surface area contributed by atoms with Gasteiger partial charge >= 0.3 is 0 Å². The summed E-state index contributed by atoms with van der Waals surface area (Å²) in [6, 6.07) is 12.4. The monoisotopic (exact) mass is 397 g/mol. The zero-order valence-electron chi connectivity index (χ0n) is 16.2. The molecule has 2 N–H and O–H groups in total. The fourth-order valence-corrected chi connectivity index (χ4v) is 2.68. The Bertz CT molecular complexity index is 984. The molecule has 1 amide bonds. The van der Waals surface area contributed by atoms with Crippen molar-refractivity contribution < 1.29 is 23.4 Å². The third-order valence-electron chi connectivity index (χ3n) is 4.03. The van der Waals surface area contributed by atoms with Crippen LogP contribution in [-0.4, -0.2) is 32.2 Å². The van der Waals surface area contributed by atoms with E-state index in [2.05, 4.69) is 15.6 Å². The van der Waals surface area contributed by atoms with E-state index in [1.165, 1.54) is 45.7 Å². The van der Waals surface area contributed by atoms with Crippen LogP contribution >= 0.6 is 0 Å². The van der Waals surface area contributed by atoms with E-state index in [0.717, 1.165) is 0 Å². The molecule has 8 heteroatoms. The van der Waals surface area contributed by atoms with Gasteiger partial charge in [0.1, 0.15) is 11.5 Å². The van der Waals surface area contributed by atoms with Gasteiger partial charge in [-0.2, -0.15) is 0 Å². The maximum Gasteiger partial charge on any atom is 0.274 e. The van der Waals surface area contributed by atoms with E-state index in [4.69, 9.17) is 14.2 Å². The van der Waals surface area contributed by atoms with Crippen molar-refractivity contribution in [2.75, 3.05) is 32.0 Å². The lowest BCUT2D eigenvalue weighted by Crippen LogP contribution is -2.13. The van der Waals surface area contributed by atoms with Crippen molar-refractivity contribution in [1.29, 1.82) is 0 Å². The fourth-order valence-electron chi connectivity index (χ4n) is 2.68. The standard InChI is InChI=1S/C21H20FN3O4/c1-27-18-10-16(11-19(28-2)20(18)29-3)24-15-7-8-17(23-12-15)21(26)25-14-6-4-5-13(22)9-14/h4-12,24H,1-3H3,(H,25,26). The molecular formula is C21H20FN3O4. The minimum absolute atomic E-state index is 0.199. The summed E-state index contributed by atoms with van der Waals surface area (Å²) < 4.78 is 29.2. The lowest BCUT2D eigenvalue weighted by atomic mass is 10.2. The highest BCUT2D eigenvalue weighted by molar-refractivity contribution is 6.02. The van der Waals surface area contributed by atoms with Crippen LogP contribution in [0.15, 0.2) is 54.7 Å². The highest BCUT2D eigenvalue weighted by Gasteiger charge is 2.14. The number of anilines is 3. The first-order chi connectivity index (χ1) is 14.0. The Morgan fingerprint density at radius 2 is 1.62 bits per heavy atom. The fraction of sp³-hybridized carbons (Fsp3) is 0.143. The highest BCUT2D eigenvalue weighted by atomic mass is 19.1. The van der Waals surface area contributed by atoms with Crippen molar-refractivity contribution in [3.63, 3.8) is 0 Å². The number of nitrogens with one attached hydrogen (secondary N) is 2. The van der Waals surface area contributed by atoms with Gasteiger partial charge in [0.25, 0.3) is 5.91 Å². The molecule has 3 rings (SSSR count). The number of halogens is 1. The van der Waals surface area contributed by atoms with Crippen LogP contribution in [0.3, 0.4) is 0 Å². The number of amides is 1. The van der Waals surface area contributed by atoms with Crippen LogP contribution in [-0.2, 0) is 0 Å². The van der Waals surface area contributed by atoms with E-state index in [1.807, 2.05) is 0 Å². The number of aromatic nitrogens is 1. The zero-order chi connectivity index (χ0) is 20.8. The molecule has 2 aromatic carbocycles. The number of hydrogen-bond acceptors (Lipinski definition) is 6. The van der Waals surface area contributed by atoms with E-state index in [9.17, 15) is 9.18 Å². The topological polar surface area (TPSA) is 81.7 Å². The smallest absolute Gasteiger partial charge is 0.274 e. The number of carbonyl (C=O) groups excluding carboxylic acids is 1. The summed E-state index contributed by atoms with van der Waals surface area (Å²) in [5.74, 6) is 0.639. The Hall–Kier alpha value is -3.81. The van der Waals surface area contributed by atoms with Gasteiger partial charge in [0.15, 0.2) is 11.5 Å². The number of methoxy groups -OCH3 is 3. The Kier molecular flexibility index (Phi) is 6.13. The number of carbonyl (C=O) groups is 1. The highest BCUT2D eigenvalue weighted by Crippen LogP contribution is 2.40. The van der Waals surface area contributed by atoms with Gasteiger partial charge in [-0.3, -0.25) is 4.79 Å². The molecular weight excluding hydrogens is 377 g/mol. The average molecular weight is 397 g/mol. The van der Waals surface area contributed by atoms with E-state index in [1.54, 1.807) is 30.3 Å². The molecule has 0 radical (unpaired) electrons. The second kappa shape index (κ2) is 8.92. The molecule has 3 aromatic rings. The van der Waals surface area contributed by atoms with Crippen molar-refractivity contribution in [3.05, 3.63) is 66.2 Å². The van der Waals surface area contributed by atoms with Crippen LogP contribution in [0.4, 0.5) is 21.5 Å². The summed E-state index contributed by atoms with van der Waals surface area (Å²) in [7, 11) is 4.61. The number of rotatable bonds is 7. The number of hydrogen-bond donors (Lipinski definition) is 2. The minimum atomic E-state index is -0.435. The third-order valence-corrected chi connectivity index (χ3v) is 4.03. The Morgan fingerprint density at radius 1 is 0.897 bits per heavy atom. The van der Waals surface area contributed by atoms with Crippen LogP contribution in [0.25, 0.3) is 0 Å². The van der Waals surface area contributed by atoms with Crippen molar-refractivity contribution in [1.82, 2.24) is 4.98 Å². The van der Waals surface area contributed by atoms with Crippen LogP contribution in [0.5, 0.6) is 17.2 Å². The molecule has 29 heavy (non-hydrogen) atoms. The molecule has 0 atom stereocenters. The van der Waals surface area contributed by atoms with Crippen LogP contribution in [0.2, 0.25) is 0 Å². The van der Waals surface area contributed by atoms with Crippen molar-refractivity contribution in [2.45, 2.75) is 0 Å². The number of nitrogens with zero attached hydrogens (tertiary/aromatic N) is 1. The summed E-state index contributed by atoms with van der Waals surface area (Å²) in [6.45, 7) is 0. The van der Waals surface area contributed by atoms with Crippen LogP contribution in [0, 0.1) is 5.82 Å². The number of ether oxygens (including phenoxy) is 3. The lowest BCUT2D eigenvalue weighted by molar-refractivity contribution is 0.102. The summed E-state index contributed by atoms with van der Waals surface area (Å²) >= 11 is 0. The lowest BCUT2D eigenvalue weighted by Gasteiger charge is -2.15. The second-order valence-electron chi connectivity index (χ2n) is 5.94. The molecule has 0 aliphatic rings.